The Morgan fingerprint density at radius 1 is 1.21 bits per heavy atom. The summed E-state index contributed by atoms with van der Waals surface area (Å²) in [6.07, 6.45) is -6.36. The van der Waals surface area contributed by atoms with Gasteiger partial charge in [-0.1, -0.05) is 37.4 Å². The fraction of sp³-hybridized carbons (Fsp3) is 0.538. The van der Waals surface area contributed by atoms with E-state index in [1.807, 2.05) is 0 Å². The van der Waals surface area contributed by atoms with Crippen molar-refractivity contribution in [2.24, 2.45) is 11.3 Å². The van der Waals surface area contributed by atoms with Gasteiger partial charge in [-0.3, -0.25) is 4.79 Å². The molecule has 2 aromatic heterocycles. The second-order valence-corrected chi connectivity index (χ2v) is 13.6. The van der Waals surface area contributed by atoms with Gasteiger partial charge in [-0.05, 0) is 38.7 Å². The highest BCUT2D eigenvalue weighted by atomic mass is 32.2. The fourth-order valence-corrected chi connectivity index (χ4v) is 6.91. The highest BCUT2D eigenvalue weighted by molar-refractivity contribution is 7.89. The maximum Gasteiger partial charge on any atom is 0.404 e. The number of thiazole rings is 1. The summed E-state index contributed by atoms with van der Waals surface area (Å²) in [7, 11) is -5.19. The van der Waals surface area contributed by atoms with Crippen LogP contribution in [0.3, 0.4) is 0 Å². The van der Waals surface area contributed by atoms with Gasteiger partial charge < -0.3 is 9.63 Å². The molecule has 0 bridgehead atoms. The molecule has 0 radical (unpaired) electrons. The normalized spacial score (nSPS) is 15.6. The summed E-state index contributed by atoms with van der Waals surface area (Å²) in [5.41, 5.74) is -2.60. The number of nitrogens with one attached hydrogen (secondary N) is 1. The molecule has 3 aromatic rings. The molecule has 1 saturated carbocycles. The summed E-state index contributed by atoms with van der Waals surface area (Å²) in [5, 5.41) is 13.3. The summed E-state index contributed by atoms with van der Waals surface area (Å²) in [6.45, 7) is 3.99. The molecule has 1 unspecified atom stereocenters. The van der Waals surface area contributed by atoms with E-state index in [4.69, 9.17) is 4.52 Å². The number of carboxylic acids is 1. The number of alkyl halides is 5. The van der Waals surface area contributed by atoms with E-state index >= 15 is 4.39 Å². The van der Waals surface area contributed by atoms with Crippen molar-refractivity contribution in [1.29, 1.82) is 0 Å². The molecule has 17 heteroatoms. The van der Waals surface area contributed by atoms with E-state index in [2.05, 4.69) is 15.1 Å². The zero-order valence-corrected chi connectivity index (χ0v) is 24.8. The molecule has 1 aromatic carbocycles. The molecule has 1 aliphatic rings. The topological polar surface area (TPSA) is 135 Å². The van der Waals surface area contributed by atoms with E-state index < -0.39 is 62.7 Å². The number of hydrogen-bond donors (Lipinski definition) is 2. The average Bonchev–Trinajstić information content (AvgIpc) is 3.50. The van der Waals surface area contributed by atoms with Crippen LogP contribution in [0.2, 0.25) is 0 Å². The molecule has 236 valence electrons. The van der Waals surface area contributed by atoms with Crippen LogP contribution < -0.4 is 4.72 Å². The third-order valence-corrected chi connectivity index (χ3v) is 9.85. The number of sulfonamides is 1. The van der Waals surface area contributed by atoms with Gasteiger partial charge in [-0.15, -0.1) is 11.3 Å². The fourth-order valence-electron chi connectivity index (χ4n) is 4.46. The first-order valence-corrected chi connectivity index (χ1v) is 15.5. The minimum atomic E-state index is -5.19. The summed E-state index contributed by atoms with van der Waals surface area (Å²) in [5.74, 6) is -2.87. The van der Waals surface area contributed by atoms with Crippen LogP contribution >= 0.6 is 11.3 Å². The summed E-state index contributed by atoms with van der Waals surface area (Å²) < 4.78 is 116. The predicted molar refractivity (Wildman–Crippen MR) is 142 cm³/mol. The molecule has 0 spiro atoms. The van der Waals surface area contributed by atoms with Gasteiger partial charge in [0, 0.05) is 12.0 Å². The Labute approximate surface area is 246 Å². The molecular formula is C26H28F6N4O5S2. The minimum Gasteiger partial charge on any atom is -0.481 e. The molecule has 0 saturated heterocycles. The van der Waals surface area contributed by atoms with E-state index in [9.17, 15) is 40.3 Å². The molecule has 43 heavy (non-hydrogen) atoms. The number of carbonyl (C=O) groups is 1. The summed E-state index contributed by atoms with van der Waals surface area (Å²) in [6, 6.07) is -0.980. The van der Waals surface area contributed by atoms with Crippen molar-refractivity contribution < 1.29 is 49.2 Å². The number of nitrogens with zero attached hydrogens (tertiary/aromatic N) is 3. The Morgan fingerprint density at radius 3 is 2.42 bits per heavy atom. The Morgan fingerprint density at radius 2 is 1.88 bits per heavy atom. The van der Waals surface area contributed by atoms with E-state index in [1.165, 1.54) is 18.6 Å². The molecule has 2 N–H and O–H groups in total. The lowest BCUT2D eigenvalue weighted by Crippen LogP contribution is -2.45. The summed E-state index contributed by atoms with van der Waals surface area (Å²) in [4.78, 5) is 18.9. The lowest BCUT2D eigenvalue weighted by molar-refractivity contribution is -0.151. The highest BCUT2D eigenvalue weighted by Gasteiger charge is 2.42. The highest BCUT2D eigenvalue weighted by Crippen LogP contribution is 2.44. The van der Waals surface area contributed by atoms with Gasteiger partial charge >= 0.3 is 12.1 Å². The Hall–Kier alpha value is -3.05. The lowest BCUT2D eigenvalue weighted by Gasteiger charge is -2.25. The van der Waals surface area contributed by atoms with Crippen LogP contribution in [0, 0.1) is 17.2 Å². The second-order valence-electron chi connectivity index (χ2n) is 10.9. The van der Waals surface area contributed by atoms with Crippen LogP contribution in [0.15, 0.2) is 21.6 Å². The molecule has 2 heterocycles. The zero-order chi connectivity index (χ0) is 31.9. The van der Waals surface area contributed by atoms with Crippen molar-refractivity contribution in [3.05, 3.63) is 35.1 Å². The van der Waals surface area contributed by atoms with Crippen LogP contribution in [0.4, 0.5) is 26.3 Å². The maximum atomic E-state index is 15.6. The van der Waals surface area contributed by atoms with Crippen LogP contribution in [-0.4, -0.2) is 46.8 Å². The first-order valence-electron chi connectivity index (χ1n) is 13.2. The van der Waals surface area contributed by atoms with Crippen molar-refractivity contribution >= 4 is 27.3 Å². The standard InChI is InChI=1S/C26H28F6N4O5S2/c1-4-16(26(30,31)32)36-43(39,40)15-9-8-13(18(19(15)27)21(28)29)20-14(10-12-6-5-7-12)33-23(42-20)22-34-17(41-35-22)11-25(2,3)24(37)38/h8-9,12,16,21,36H,4-7,10-11H2,1-3H3,(H,37,38). The van der Waals surface area contributed by atoms with Gasteiger partial charge in [0.15, 0.2) is 10.8 Å². The van der Waals surface area contributed by atoms with Gasteiger partial charge in [0.2, 0.25) is 21.7 Å². The largest absolute Gasteiger partial charge is 0.481 e. The van der Waals surface area contributed by atoms with Gasteiger partial charge in [-0.25, -0.2) is 26.6 Å². The van der Waals surface area contributed by atoms with Crippen molar-refractivity contribution in [1.82, 2.24) is 19.8 Å². The van der Waals surface area contributed by atoms with Crippen molar-refractivity contribution in [3.8, 4) is 21.3 Å². The third-order valence-electron chi connectivity index (χ3n) is 7.23. The zero-order valence-electron chi connectivity index (χ0n) is 23.1. The van der Waals surface area contributed by atoms with E-state index in [0.29, 0.717) is 18.2 Å². The number of aromatic nitrogens is 3. The maximum absolute atomic E-state index is 15.6. The van der Waals surface area contributed by atoms with Gasteiger partial charge in [0.25, 0.3) is 6.43 Å². The quantitative estimate of drug-likeness (QED) is 0.210. The Balaban J connectivity index is 1.79. The van der Waals surface area contributed by atoms with Crippen molar-refractivity contribution in [2.45, 2.75) is 82.8 Å². The minimum absolute atomic E-state index is 0.00898. The second kappa shape index (κ2) is 12.1. The molecule has 9 nitrogen and oxygen atoms in total. The number of carboxylic acid groups (broad SMARTS) is 1. The monoisotopic (exact) mass is 654 g/mol. The molecule has 0 aliphatic heterocycles. The number of halogens is 6. The SMILES string of the molecule is CCC(NS(=O)(=O)c1ccc(-c2sc(-c3noc(CC(C)(C)C(=O)O)n3)nc2CC2CCC2)c(C(F)F)c1F)C(F)(F)F. The predicted octanol–water partition coefficient (Wildman–Crippen LogP) is 6.55. The number of hydrogen-bond acceptors (Lipinski definition) is 8. The third kappa shape index (κ3) is 7.03. The van der Waals surface area contributed by atoms with E-state index in [-0.39, 0.29) is 39.5 Å². The van der Waals surface area contributed by atoms with E-state index in [1.54, 1.807) is 0 Å². The Kier molecular flexibility index (Phi) is 9.28. The van der Waals surface area contributed by atoms with Gasteiger partial charge in [0.1, 0.15) is 10.9 Å². The summed E-state index contributed by atoms with van der Waals surface area (Å²) >= 11 is 0.825. The first kappa shape index (κ1) is 32.9. The molecule has 0 amide bonds. The Bertz CT molecular complexity index is 1600. The molecular weight excluding hydrogens is 626 g/mol. The molecule has 4 rings (SSSR count). The molecule has 1 fully saturated rings. The van der Waals surface area contributed by atoms with Crippen LogP contribution in [0.5, 0.6) is 0 Å². The lowest BCUT2D eigenvalue weighted by atomic mass is 9.81. The first-order chi connectivity index (χ1) is 19.9. The van der Waals surface area contributed by atoms with Gasteiger partial charge in [-0.2, -0.15) is 22.9 Å². The number of rotatable bonds is 12. The van der Waals surface area contributed by atoms with Crippen LogP contribution in [0.25, 0.3) is 21.3 Å². The van der Waals surface area contributed by atoms with Crippen LogP contribution in [-0.2, 0) is 27.7 Å². The average molecular weight is 655 g/mol. The molecule has 1 atom stereocenters. The van der Waals surface area contributed by atoms with Crippen molar-refractivity contribution in [3.63, 3.8) is 0 Å². The molecule has 1 aliphatic carbocycles. The van der Waals surface area contributed by atoms with E-state index in [0.717, 1.165) is 43.6 Å². The number of benzene rings is 1. The smallest absolute Gasteiger partial charge is 0.404 e. The van der Waals surface area contributed by atoms with Crippen molar-refractivity contribution in [2.75, 3.05) is 0 Å². The van der Waals surface area contributed by atoms with Crippen LogP contribution in [0.1, 0.15) is 70.0 Å². The number of aliphatic carboxylic acids is 1. The van der Waals surface area contributed by atoms with Gasteiger partial charge in [0.05, 0.1) is 21.5 Å².